The lowest BCUT2D eigenvalue weighted by Gasteiger charge is -2.12. The molecular weight excluding hydrogens is 198 g/mol. The molecule has 0 radical (unpaired) electrons. The Morgan fingerprint density at radius 1 is 1.44 bits per heavy atom. The SMILES string of the molecule is CC(C)c1nn(C)cc1CNC1CC=CC1. The van der Waals surface area contributed by atoms with Crippen LogP contribution >= 0.6 is 0 Å². The van der Waals surface area contributed by atoms with Gasteiger partial charge in [0.1, 0.15) is 0 Å². The Bertz CT molecular complexity index is 369. The van der Waals surface area contributed by atoms with E-state index >= 15 is 0 Å². The molecule has 0 saturated heterocycles. The summed E-state index contributed by atoms with van der Waals surface area (Å²) in [5, 5.41) is 8.11. The van der Waals surface area contributed by atoms with E-state index in [4.69, 9.17) is 0 Å². The number of aryl methyl sites for hydroxylation is 1. The van der Waals surface area contributed by atoms with Gasteiger partial charge in [-0.05, 0) is 18.8 Å². The summed E-state index contributed by atoms with van der Waals surface area (Å²) in [6, 6.07) is 0.625. The maximum Gasteiger partial charge on any atom is 0.0694 e. The normalized spacial score (nSPS) is 16.5. The van der Waals surface area contributed by atoms with Crippen LogP contribution in [0.1, 0.15) is 43.9 Å². The molecule has 3 nitrogen and oxygen atoms in total. The molecule has 1 heterocycles. The molecule has 88 valence electrons. The van der Waals surface area contributed by atoms with Gasteiger partial charge in [-0.3, -0.25) is 4.68 Å². The molecule has 0 aromatic carbocycles. The van der Waals surface area contributed by atoms with Gasteiger partial charge in [-0.1, -0.05) is 26.0 Å². The van der Waals surface area contributed by atoms with Crippen LogP contribution in [0.2, 0.25) is 0 Å². The number of rotatable bonds is 4. The summed E-state index contributed by atoms with van der Waals surface area (Å²) < 4.78 is 1.92. The molecular formula is C13H21N3. The van der Waals surface area contributed by atoms with Gasteiger partial charge in [-0.25, -0.2) is 0 Å². The number of hydrogen-bond acceptors (Lipinski definition) is 2. The van der Waals surface area contributed by atoms with E-state index in [1.165, 1.54) is 11.3 Å². The fourth-order valence-corrected chi connectivity index (χ4v) is 2.22. The van der Waals surface area contributed by atoms with Gasteiger partial charge in [0.25, 0.3) is 0 Å². The van der Waals surface area contributed by atoms with E-state index in [0.29, 0.717) is 12.0 Å². The minimum absolute atomic E-state index is 0.500. The summed E-state index contributed by atoms with van der Waals surface area (Å²) in [7, 11) is 1.99. The first-order chi connectivity index (χ1) is 7.66. The lowest BCUT2D eigenvalue weighted by Crippen LogP contribution is -2.26. The van der Waals surface area contributed by atoms with Crippen molar-refractivity contribution in [2.75, 3.05) is 0 Å². The van der Waals surface area contributed by atoms with Crippen LogP contribution in [0.25, 0.3) is 0 Å². The minimum atomic E-state index is 0.500. The number of nitrogens with one attached hydrogen (secondary N) is 1. The van der Waals surface area contributed by atoms with Gasteiger partial charge in [0, 0.05) is 31.4 Å². The van der Waals surface area contributed by atoms with Crippen molar-refractivity contribution < 1.29 is 0 Å². The molecule has 1 N–H and O–H groups in total. The molecule has 16 heavy (non-hydrogen) atoms. The second-order valence-electron chi connectivity index (χ2n) is 4.89. The quantitative estimate of drug-likeness (QED) is 0.788. The van der Waals surface area contributed by atoms with Crippen molar-refractivity contribution in [2.24, 2.45) is 7.05 Å². The van der Waals surface area contributed by atoms with Gasteiger partial charge in [0.15, 0.2) is 0 Å². The van der Waals surface area contributed by atoms with Crippen molar-refractivity contribution in [1.82, 2.24) is 15.1 Å². The summed E-state index contributed by atoms with van der Waals surface area (Å²) in [6.45, 7) is 5.33. The molecule has 0 atom stereocenters. The number of hydrogen-bond donors (Lipinski definition) is 1. The Balaban J connectivity index is 1.97. The first kappa shape index (κ1) is 11.4. The Kier molecular flexibility index (Phi) is 3.44. The molecule has 0 saturated carbocycles. The fraction of sp³-hybridized carbons (Fsp3) is 0.615. The van der Waals surface area contributed by atoms with Gasteiger partial charge in [0.2, 0.25) is 0 Å². The van der Waals surface area contributed by atoms with E-state index in [1.807, 2.05) is 11.7 Å². The van der Waals surface area contributed by atoms with Gasteiger partial charge in [0.05, 0.1) is 5.69 Å². The lowest BCUT2D eigenvalue weighted by atomic mass is 10.1. The van der Waals surface area contributed by atoms with E-state index in [-0.39, 0.29) is 0 Å². The number of aromatic nitrogens is 2. The minimum Gasteiger partial charge on any atom is -0.309 e. The van der Waals surface area contributed by atoms with Crippen LogP contribution in [0.3, 0.4) is 0 Å². The van der Waals surface area contributed by atoms with Gasteiger partial charge < -0.3 is 5.32 Å². The second kappa shape index (κ2) is 4.83. The smallest absolute Gasteiger partial charge is 0.0694 e. The molecule has 1 aliphatic rings. The van der Waals surface area contributed by atoms with Crippen molar-refractivity contribution in [3.05, 3.63) is 29.6 Å². The van der Waals surface area contributed by atoms with E-state index in [1.54, 1.807) is 0 Å². The average Bonchev–Trinajstić information content (AvgIpc) is 2.83. The summed E-state index contributed by atoms with van der Waals surface area (Å²) in [5.41, 5.74) is 2.56. The molecule has 3 heteroatoms. The van der Waals surface area contributed by atoms with E-state index in [9.17, 15) is 0 Å². The number of nitrogens with zero attached hydrogens (tertiary/aromatic N) is 2. The largest absolute Gasteiger partial charge is 0.309 e. The topological polar surface area (TPSA) is 29.9 Å². The molecule has 0 aliphatic heterocycles. The second-order valence-corrected chi connectivity index (χ2v) is 4.89. The standard InChI is InChI=1S/C13H21N3/c1-10(2)13-11(9-16(3)15-13)8-14-12-6-4-5-7-12/h4-5,9-10,12,14H,6-8H2,1-3H3. The van der Waals surface area contributed by atoms with Crippen molar-refractivity contribution in [3.63, 3.8) is 0 Å². The highest BCUT2D eigenvalue weighted by Gasteiger charge is 2.14. The van der Waals surface area contributed by atoms with Crippen molar-refractivity contribution in [3.8, 4) is 0 Å². The highest BCUT2D eigenvalue weighted by atomic mass is 15.3. The highest BCUT2D eigenvalue weighted by Crippen LogP contribution is 2.18. The molecule has 0 unspecified atom stereocenters. The summed E-state index contributed by atoms with van der Waals surface area (Å²) in [4.78, 5) is 0. The van der Waals surface area contributed by atoms with E-state index < -0.39 is 0 Å². The first-order valence-corrected chi connectivity index (χ1v) is 6.07. The summed E-state index contributed by atoms with van der Waals surface area (Å²) in [5.74, 6) is 0.500. The van der Waals surface area contributed by atoms with Crippen LogP contribution in [0, 0.1) is 0 Å². The monoisotopic (exact) mass is 219 g/mol. The lowest BCUT2D eigenvalue weighted by molar-refractivity contribution is 0.535. The van der Waals surface area contributed by atoms with Crippen molar-refractivity contribution in [1.29, 1.82) is 0 Å². The van der Waals surface area contributed by atoms with Gasteiger partial charge in [-0.2, -0.15) is 5.10 Å². The maximum atomic E-state index is 4.52. The fourth-order valence-electron chi connectivity index (χ4n) is 2.22. The predicted octanol–water partition coefficient (Wildman–Crippen LogP) is 2.35. The van der Waals surface area contributed by atoms with Gasteiger partial charge >= 0.3 is 0 Å². The molecule has 0 bridgehead atoms. The van der Waals surface area contributed by atoms with Crippen LogP contribution in [-0.2, 0) is 13.6 Å². The van der Waals surface area contributed by atoms with E-state index in [0.717, 1.165) is 19.4 Å². The average molecular weight is 219 g/mol. The summed E-state index contributed by atoms with van der Waals surface area (Å²) in [6.07, 6.45) is 8.97. The zero-order valence-corrected chi connectivity index (χ0v) is 10.4. The van der Waals surface area contributed by atoms with Crippen LogP contribution in [0.5, 0.6) is 0 Å². The van der Waals surface area contributed by atoms with Crippen molar-refractivity contribution in [2.45, 2.75) is 45.2 Å². The third kappa shape index (κ3) is 2.53. The molecule has 0 amide bonds. The Morgan fingerprint density at radius 3 is 2.75 bits per heavy atom. The van der Waals surface area contributed by atoms with Gasteiger partial charge in [-0.15, -0.1) is 0 Å². The zero-order valence-electron chi connectivity index (χ0n) is 10.4. The third-order valence-corrected chi connectivity index (χ3v) is 3.07. The molecule has 1 aromatic rings. The van der Waals surface area contributed by atoms with Crippen molar-refractivity contribution >= 4 is 0 Å². The Morgan fingerprint density at radius 2 is 2.12 bits per heavy atom. The zero-order chi connectivity index (χ0) is 11.5. The third-order valence-electron chi connectivity index (χ3n) is 3.07. The van der Waals surface area contributed by atoms with Crippen LogP contribution in [-0.4, -0.2) is 15.8 Å². The molecule has 2 rings (SSSR count). The molecule has 1 aromatic heterocycles. The molecule has 0 spiro atoms. The van der Waals surface area contributed by atoms with Crippen LogP contribution < -0.4 is 5.32 Å². The maximum absolute atomic E-state index is 4.52. The Labute approximate surface area is 97.5 Å². The predicted molar refractivity (Wildman–Crippen MR) is 66.3 cm³/mol. The first-order valence-electron chi connectivity index (χ1n) is 6.07. The summed E-state index contributed by atoms with van der Waals surface area (Å²) >= 11 is 0. The van der Waals surface area contributed by atoms with E-state index in [2.05, 4.69) is 42.6 Å². The molecule has 1 aliphatic carbocycles. The Hall–Kier alpha value is -1.09. The highest BCUT2D eigenvalue weighted by molar-refractivity contribution is 5.20. The van der Waals surface area contributed by atoms with Crippen LogP contribution in [0.15, 0.2) is 18.3 Å². The molecule has 0 fully saturated rings. The van der Waals surface area contributed by atoms with Crippen LogP contribution in [0.4, 0.5) is 0 Å².